The van der Waals surface area contributed by atoms with Gasteiger partial charge in [0.05, 0.1) is 0 Å². The van der Waals surface area contributed by atoms with E-state index >= 15 is 0 Å². The van der Waals surface area contributed by atoms with E-state index in [1.165, 1.54) is 32.4 Å². The zero-order valence-corrected chi connectivity index (χ0v) is 11.8. The lowest BCUT2D eigenvalue weighted by Gasteiger charge is -2.25. The lowest BCUT2D eigenvalue weighted by atomic mass is 9.97. The Morgan fingerprint density at radius 2 is 1.86 bits per heavy atom. The first-order valence-electron chi connectivity index (χ1n) is 5.86. The van der Waals surface area contributed by atoms with Crippen molar-refractivity contribution in [2.45, 2.75) is 40.0 Å². The van der Waals surface area contributed by atoms with Crippen LogP contribution in [0.15, 0.2) is 0 Å². The third-order valence-corrected chi connectivity index (χ3v) is 3.66. The van der Waals surface area contributed by atoms with Gasteiger partial charge in [-0.2, -0.15) is 0 Å². The van der Waals surface area contributed by atoms with E-state index < -0.39 is 0 Å². The molecule has 1 unspecified atom stereocenters. The van der Waals surface area contributed by atoms with Crippen LogP contribution in [0, 0.1) is 11.8 Å². The second-order valence-corrected chi connectivity index (χ2v) is 5.28. The molecule has 0 aliphatic rings. The normalized spacial score (nSPS) is 13.9. The lowest BCUT2D eigenvalue weighted by Crippen LogP contribution is -2.30. The Morgan fingerprint density at radius 1 is 1.21 bits per heavy atom. The molecular weight excluding hydrogens is 238 g/mol. The zero-order chi connectivity index (χ0) is 11.0. The molecule has 86 valence electrons. The summed E-state index contributed by atoms with van der Waals surface area (Å²) >= 11 is 3.60. The Bertz CT molecular complexity index is 125. The molecule has 0 saturated heterocycles. The quantitative estimate of drug-likeness (QED) is 0.476. The highest BCUT2D eigenvalue weighted by Gasteiger charge is 2.13. The molecule has 0 heterocycles. The fourth-order valence-electron chi connectivity index (χ4n) is 1.56. The Hall–Kier alpha value is 0.440. The zero-order valence-electron chi connectivity index (χ0n) is 10.2. The molecule has 0 saturated carbocycles. The summed E-state index contributed by atoms with van der Waals surface area (Å²) in [4.78, 5) is 2.47. The molecule has 0 rings (SSSR count). The van der Waals surface area contributed by atoms with Crippen molar-refractivity contribution >= 4 is 15.9 Å². The van der Waals surface area contributed by atoms with E-state index in [0.29, 0.717) is 0 Å². The highest BCUT2D eigenvalue weighted by Crippen LogP contribution is 2.15. The maximum absolute atomic E-state index is 3.60. The van der Waals surface area contributed by atoms with Crippen LogP contribution in [0.1, 0.15) is 40.0 Å². The van der Waals surface area contributed by atoms with Crippen LogP contribution in [-0.2, 0) is 0 Å². The molecule has 0 aliphatic heterocycles. The van der Waals surface area contributed by atoms with Crippen molar-refractivity contribution in [3.05, 3.63) is 0 Å². The van der Waals surface area contributed by atoms with Gasteiger partial charge in [0.2, 0.25) is 0 Å². The average molecular weight is 264 g/mol. The van der Waals surface area contributed by atoms with Crippen LogP contribution < -0.4 is 0 Å². The molecule has 0 N–H and O–H groups in total. The van der Waals surface area contributed by atoms with Crippen LogP contribution in [0.2, 0.25) is 0 Å². The highest BCUT2D eigenvalue weighted by atomic mass is 79.9. The standard InChI is InChI=1S/C12H26BrN/c1-5-6-7-8-14(4)10-12(9-13)11(2)3/h11-12H,5-10H2,1-4H3. The highest BCUT2D eigenvalue weighted by molar-refractivity contribution is 9.09. The molecule has 0 aliphatic carbocycles. The van der Waals surface area contributed by atoms with Crippen LogP contribution in [0.5, 0.6) is 0 Å². The number of halogens is 1. The van der Waals surface area contributed by atoms with E-state index in [9.17, 15) is 0 Å². The molecule has 14 heavy (non-hydrogen) atoms. The summed E-state index contributed by atoms with van der Waals surface area (Å²) in [6.45, 7) is 9.36. The molecule has 2 heteroatoms. The minimum absolute atomic E-state index is 0.781. The SMILES string of the molecule is CCCCCN(C)CC(CBr)C(C)C. The Morgan fingerprint density at radius 3 is 2.29 bits per heavy atom. The largest absolute Gasteiger partial charge is 0.306 e. The van der Waals surface area contributed by atoms with Gasteiger partial charge in [0.25, 0.3) is 0 Å². The van der Waals surface area contributed by atoms with Gasteiger partial charge in [-0.15, -0.1) is 0 Å². The monoisotopic (exact) mass is 263 g/mol. The molecule has 0 bridgehead atoms. The van der Waals surface area contributed by atoms with Crippen molar-refractivity contribution in [1.82, 2.24) is 4.90 Å². The van der Waals surface area contributed by atoms with E-state index in [0.717, 1.165) is 17.2 Å². The number of hydrogen-bond donors (Lipinski definition) is 0. The predicted octanol–water partition coefficient (Wildman–Crippen LogP) is 3.78. The number of alkyl halides is 1. The minimum Gasteiger partial charge on any atom is -0.306 e. The summed E-state index contributed by atoms with van der Waals surface area (Å²) in [7, 11) is 2.24. The third-order valence-electron chi connectivity index (χ3n) is 2.83. The molecule has 0 spiro atoms. The number of rotatable bonds is 8. The van der Waals surface area contributed by atoms with Crippen molar-refractivity contribution in [3.63, 3.8) is 0 Å². The van der Waals surface area contributed by atoms with Crippen molar-refractivity contribution in [1.29, 1.82) is 0 Å². The molecule has 0 aromatic rings. The molecule has 1 nitrogen and oxygen atoms in total. The van der Waals surface area contributed by atoms with Crippen LogP contribution in [0.4, 0.5) is 0 Å². The summed E-state index contributed by atoms with van der Waals surface area (Å²) in [5.74, 6) is 1.57. The van der Waals surface area contributed by atoms with E-state index in [2.05, 4.69) is 48.6 Å². The second-order valence-electron chi connectivity index (χ2n) is 4.63. The topological polar surface area (TPSA) is 3.24 Å². The summed E-state index contributed by atoms with van der Waals surface area (Å²) in [6.07, 6.45) is 4.03. The maximum Gasteiger partial charge on any atom is 0.00743 e. The fraction of sp³-hybridized carbons (Fsp3) is 1.00. The van der Waals surface area contributed by atoms with Gasteiger partial charge in [0.1, 0.15) is 0 Å². The van der Waals surface area contributed by atoms with Gasteiger partial charge < -0.3 is 4.90 Å². The van der Waals surface area contributed by atoms with E-state index in [1.54, 1.807) is 0 Å². The van der Waals surface area contributed by atoms with Crippen molar-refractivity contribution < 1.29 is 0 Å². The van der Waals surface area contributed by atoms with Crippen LogP contribution in [-0.4, -0.2) is 30.4 Å². The van der Waals surface area contributed by atoms with Gasteiger partial charge in [0.15, 0.2) is 0 Å². The first-order chi connectivity index (χ1) is 6.61. The first-order valence-corrected chi connectivity index (χ1v) is 6.98. The van der Waals surface area contributed by atoms with Gasteiger partial charge in [-0.3, -0.25) is 0 Å². The molecule has 0 aromatic carbocycles. The number of hydrogen-bond acceptors (Lipinski definition) is 1. The van der Waals surface area contributed by atoms with Crippen LogP contribution >= 0.6 is 15.9 Å². The smallest absolute Gasteiger partial charge is 0.00743 e. The van der Waals surface area contributed by atoms with Gasteiger partial charge >= 0.3 is 0 Å². The molecular formula is C12H26BrN. The average Bonchev–Trinajstić information content (AvgIpc) is 2.14. The third kappa shape index (κ3) is 6.83. The van der Waals surface area contributed by atoms with Gasteiger partial charge in [-0.05, 0) is 31.8 Å². The van der Waals surface area contributed by atoms with Crippen molar-refractivity contribution in [2.24, 2.45) is 11.8 Å². The molecule has 0 fully saturated rings. The minimum atomic E-state index is 0.781. The number of unbranched alkanes of at least 4 members (excludes halogenated alkanes) is 2. The van der Waals surface area contributed by atoms with Gasteiger partial charge in [-0.25, -0.2) is 0 Å². The fourth-order valence-corrected chi connectivity index (χ4v) is 2.51. The summed E-state index contributed by atoms with van der Waals surface area (Å²) < 4.78 is 0. The maximum atomic E-state index is 3.60. The first kappa shape index (κ1) is 14.4. The number of nitrogens with zero attached hydrogens (tertiary/aromatic N) is 1. The molecule has 0 amide bonds. The van der Waals surface area contributed by atoms with E-state index in [4.69, 9.17) is 0 Å². The van der Waals surface area contributed by atoms with Gasteiger partial charge in [-0.1, -0.05) is 49.5 Å². The van der Waals surface area contributed by atoms with Gasteiger partial charge in [0, 0.05) is 11.9 Å². The molecule has 0 radical (unpaired) electrons. The molecule has 1 atom stereocenters. The van der Waals surface area contributed by atoms with E-state index in [1.807, 2.05) is 0 Å². The van der Waals surface area contributed by atoms with Crippen molar-refractivity contribution in [3.8, 4) is 0 Å². The van der Waals surface area contributed by atoms with Crippen molar-refractivity contribution in [2.75, 3.05) is 25.5 Å². The summed E-state index contributed by atoms with van der Waals surface area (Å²) in [5, 5.41) is 1.13. The Labute approximate surface area is 98.4 Å². The Kier molecular flexibility index (Phi) is 9.00. The van der Waals surface area contributed by atoms with Crippen LogP contribution in [0.3, 0.4) is 0 Å². The summed E-state index contributed by atoms with van der Waals surface area (Å²) in [6, 6.07) is 0. The predicted molar refractivity (Wildman–Crippen MR) is 69.1 cm³/mol. The molecule has 0 aromatic heterocycles. The Balaban J connectivity index is 3.62. The lowest BCUT2D eigenvalue weighted by molar-refractivity contribution is 0.249. The second kappa shape index (κ2) is 8.72. The summed E-state index contributed by atoms with van der Waals surface area (Å²) in [5.41, 5.74) is 0. The van der Waals surface area contributed by atoms with E-state index in [-0.39, 0.29) is 0 Å². The van der Waals surface area contributed by atoms with Crippen LogP contribution in [0.25, 0.3) is 0 Å².